The second-order valence-electron chi connectivity index (χ2n) is 8.67. The van der Waals surface area contributed by atoms with Crippen LogP contribution in [0.25, 0.3) is 64.8 Å². The van der Waals surface area contributed by atoms with Crippen molar-refractivity contribution >= 4 is 42.4 Å². The lowest BCUT2D eigenvalue weighted by molar-refractivity contribution is 1.23. The first-order valence-corrected chi connectivity index (χ1v) is 12.5. The van der Waals surface area contributed by atoms with Crippen LogP contribution in [0.15, 0.2) is 121 Å². The molecule has 5 aromatic carbocycles. The summed E-state index contributed by atoms with van der Waals surface area (Å²) in [4.78, 5) is 10.0. The molecule has 2 nitrogen and oxygen atoms in total. The second-order valence-corrected chi connectivity index (χ2v) is 9.75. The molecular formula is C32H20N2S. The van der Waals surface area contributed by atoms with Gasteiger partial charge in [-0.3, -0.25) is 0 Å². The summed E-state index contributed by atoms with van der Waals surface area (Å²) >= 11 is 1.82. The molecule has 2 aromatic heterocycles. The highest BCUT2D eigenvalue weighted by Crippen LogP contribution is 2.37. The van der Waals surface area contributed by atoms with Gasteiger partial charge in [0.25, 0.3) is 0 Å². The molecule has 164 valence electrons. The lowest BCUT2D eigenvalue weighted by Crippen LogP contribution is -1.95. The van der Waals surface area contributed by atoms with E-state index < -0.39 is 0 Å². The van der Waals surface area contributed by atoms with Gasteiger partial charge in [-0.25, -0.2) is 9.97 Å². The fourth-order valence-electron chi connectivity index (χ4n) is 4.74. The summed E-state index contributed by atoms with van der Waals surface area (Å²) < 4.78 is 2.56. The van der Waals surface area contributed by atoms with Gasteiger partial charge >= 0.3 is 0 Å². The van der Waals surface area contributed by atoms with Crippen LogP contribution in [0.3, 0.4) is 0 Å². The Kier molecular flexibility index (Phi) is 4.68. The van der Waals surface area contributed by atoms with E-state index in [1.54, 1.807) is 0 Å². The predicted octanol–water partition coefficient (Wildman–Crippen LogP) is 9.00. The Morgan fingerprint density at radius 1 is 0.429 bits per heavy atom. The fourth-order valence-corrected chi connectivity index (χ4v) is 5.89. The van der Waals surface area contributed by atoms with Gasteiger partial charge in [-0.2, -0.15) is 0 Å². The van der Waals surface area contributed by atoms with Crippen molar-refractivity contribution in [1.82, 2.24) is 9.97 Å². The highest BCUT2D eigenvalue weighted by atomic mass is 32.1. The smallest absolute Gasteiger partial charge is 0.160 e. The molecule has 0 atom stereocenters. The van der Waals surface area contributed by atoms with Gasteiger partial charge in [-0.1, -0.05) is 103 Å². The van der Waals surface area contributed by atoms with Crippen LogP contribution >= 0.6 is 11.3 Å². The van der Waals surface area contributed by atoms with E-state index in [1.807, 2.05) is 23.5 Å². The molecule has 0 aliphatic rings. The molecule has 0 bridgehead atoms. The van der Waals surface area contributed by atoms with E-state index in [9.17, 15) is 0 Å². The predicted molar refractivity (Wildman–Crippen MR) is 149 cm³/mol. The van der Waals surface area contributed by atoms with Gasteiger partial charge in [0.15, 0.2) is 5.82 Å². The van der Waals surface area contributed by atoms with Gasteiger partial charge in [-0.05, 0) is 29.3 Å². The van der Waals surface area contributed by atoms with E-state index >= 15 is 0 Å². The molecule has 3 heteroatoms. The molecule has 0 N–H and O–H groups in total. The molecule has 0 saturated heterocycles. The summed E-state index contributed by atoms with van der Waals surface area (Å²) in [6.07, 6.45) is 0. The van der Waals surface area contributed by atoms with Crippen molar-refractivity contribution in [2.75, 3.05) is 0 Å². The van der Waals surface area contributed by atoms with E-state index in [1.165, 1.54) is 31.3 Å². The Bertz CT molecular complexity index is 1830. The summed E-state index contributed by atoms with van der Waals surface area (Å²) in [5.74, 6) is 0.755. The van der Waals surface area contributed by atoms with Crippen LogP contribution < -0.4 is 0 Å². The van der Waals surface area contributed by atoms with Crippen molar-refractivity contribution in [3.8, 4) is 33.8 Å². The van der Waals surface area contributed by atoms with Crippen molar-refractivity contribution in [3.05, 3.63) is 121 Å². The zero-order valence-corrected chi connectivity index (χ0v) is 19.7. The van der Waals surface area contributed by atoms with Crippen LogP contribution in [0.5, 0.6) is 0 Å². The Morgan fingerprint density at radius 3 is 1.91 bits per heavy atom. The lowest BCUT2D eigenvalue weighted by atomic mass is 10.0. The normalized spacial score (nSPS) is 11.4. The maximum atomic E-state index is 5.10. The summed E-state index contributed by atoms with van der Waals surface area (Å²) in [6, 6.07) is 42.5. The lowest BCUT2D eigenvalue weighted by Gasteiger charge is -2.10. The van der Waals surface area contributed by atoms with Crippen LogP contribution in [-0.4, -0.2) is 9.97 Å². The number of para-hydroxylation sites is 1. The highest BCUT2D eigenvalue weighted by Gasteiger charge is 2.13. The van der Waals surface area contributed by atoms with Crippen molar-refractivity contribution in [3.63, 3.8) is 0 Å². The molecule has 0 aliphatic carbocycles. The number of nitrogens with zero attached hydrogens (tertiary/aromatic N) is 2. The minimum Gasteiger partial charge on any atom is -0.228 e. The second kappa shape index (κ2) is 8.15. The monoisotopic (exact) mass is 464 g/mol. The SMILES string of the molecule is c1ccc(-c2ccc(-c3nc(-c4ccc5c(c4)sc4ccccc45)nc4ccccc34)cc2)cc1. The molecule has 2 heterocycles. The summed E-state index contributed by atoms with van der Waals surface area (Å²) in [7, 11) is 0. The molecule has 0 fully saturated rings. The molecular weight excluding hydrogens is 444 g/mol. The highest BCUT2D eigenvalue weighted by molar-refractivity contribution is 7.25. The Labute approximate surface area is 207 Å². The third kappa shape index (κ3) is 3.49. The van der Waals surface area contributed by atoms with Crippen molar-refractivity contribution in [1.29, 1.82) is 0 Å². The number of fused-ring (bicyclic) bond motifs is 4. The Morgan fingerprint density at radius 2 is 1.06 bits per heavy atom. The molecule has 7 rings (SSSR count). The first kappa shape index (κ1) is 20.1. The molecule has 0 unspecified atom stereocenters. The summed E-state index contributed by atoms with van der Waals surface area (Å²) in [5, 5.41) is 3.65. The molecule has 7 aromatic rings. The number of rotatable bonds is 3. The topological polar surface area (TPSA) is 25.8 Å². The van der Waals surface area contributed by atoms with Crippen molar-refractivity contribution in [2.24, 2.45) is 0 Å². The first-order chi connectivity index (χ1) is 17.3. The van der Waals surface area contributed by atoms with Gasteiger partial charge in [-0.15, -0.1) is 11.3 Å². The van der Waals surface area contributed by atoms with Crippen molar-refractivity contribution < 1.29 is 0 Å². The zero-order valence-electron chi connectivity index (χ0n) is 18.8. The van der Waals surface area contributed by atoms with Crippen molar-refractivity contribution in [2.45, 2.75) is 0 Å². The Hall–Kier alpha value is -4.34. The quantitative estimate of drug-likeness (QED) is 0.261. The number of aromatic nitrogens is 2. The first-order valence-electron chi connectivity index (χ1n) is 11.7. The minimum atomic E-state index is 0.755. The summed E-state index contributed by atoms with van der Waals surface area (Å²) in [5.41, 5.74) is 6.45. The van der Waals surface area contributed by atoms with Crippen LogP contribution in [0, 0.1) is 0 Å². The number of hydrogen-bond acceptors (Lipinski definition) is 3. The maximum Gasteiger partial charge on any atom is 0.160 e. The van der Waals surface area contributed by atoms with E-state index in [4.69, 9.17) is 9.97 Å². The van der Waals surface area contributed by atoms with Crippen LogP contribution in [0.2, 0.25) is 0 Å². The molecule has 0 saturated carbocycles. The van der Waals surface area contributed by atoms with E-state index in [0.717, 1.165) is 33.5 Å². The largest absolute Gasteiger partial charge is 0.228 e. The summed E-state index contributed by atoms with van der Waals surface area (Å²) in [6.45, 7) is 0. The average molecular weight is 465 g/mol. The standard InChI is InChI=1S/C32H20N2S/c1-2-8-21(9-3-1)22-14-16-23(17-15-22)31-27-11-4-6-12-28(27)33-32(34-31)24-18-19-26-25-10-5-7-13-29(25)35-30(26)20-24/h1-20H. The van der Waals surface area contributed by atoms with Crippen LogP contribution in [0.4, 0.5) is 0 Å². The maximum absolute atomic E-state index is 5.10. The van der Waals surface area contributed by atoms with E-state index in [0.29, 0.717) is 0 Å². The van der Waals surface area contributed by atoms with Gasteiger partial charge < -0.3 is 0 Å². The molecule has 0 amide bonds. The number of hydrogen-bond donors (Lipinski definition) is 0. The van der Waals surface area contributed by atoms with Gasteiger partial charge in [0.1, 0.15) is 0 Å². The van der Waals surface area contributed by atoms with Crippen LogP contribution in [0.1, 0.15) is 0 Å². The van der Waals surface area contributed by atoms with E-state index in [2.05, 4.69) is 109 Å². The Balaban J connectivity index is 1.38. The number of benzene rings is 5. The van der Waals surface area contributed by atoms with E-state index in [-0.39, 0.29) is 0 Å². The number of thiophene rings is 1. The average Bonchev–Trinajstić information content (AvgIpc) is 3.31. The minimum absolute atomic E-state index is 0.755. The van der Waals surface area contributed by atoms with Crippen LogP contribution in [-0.2, 0) is 0 Å². The fraction of sp³-hybridized carbons (Fsp3) is 0. The van der Waals surface area contributed by atoms with Gasteiger partial charge in [0, 0.05) is 36.7 Å². The van der Waals surface area contributed by atoms with Gasteiger partial charge in [0.2, 0.25) is 0 Å². The zero-order chi connectivity index (χ0) is 23.2. The third-order valence-electron chi connectivity index (χ3n) is 6.51. The van der Waals surface area contributed by atoms with Gasteiger partial charge in [0.05, 0.1) is 11.2 Å². The molecule has 0 spiro atoms. The third-order valence-corrected chi connectivity index (χ3v) is 7.64. The molecule has 35 heavy (non-hydrogen) atoms. The molecule has 0 radical (unpaired) electrons. The molecule has 0 aliphatic heterocycles.